The summed E-state index contributed by atoms with van der Waals surface area (Å²) in [6.45, 7) is 0. The topological polar surface area (TPSA) is 80.8 Å². The fourth-order valence-electron chi connectivity index (χ4n) is 3.22. The average molecular weight is 421 g/mol. The summed E-state index contributed by atoms with van der Waals surface area (Å²) < 4.78 is 18.4. The van der Waals surface area contributed by atoms with Crippen molar-refractivity contribution >= 4 is 43.4 Å². The molecule has 5 aromatic rings. The van der Waals surface area contributed by atoms with Crippen LogP contribution in [0.1, 0.15) is 5.82 Å². The molecule has 29 heavy (non-hydrogen) atoms. The molecule has 2 aromatic carbocycles. The first kappa shape index (κ1) is 18.0. The lowest BCUT2D eigenvalue weighted by molar-refractivity contribution is 0.401. The van der Waals surface area contributed by atoms with E-state index < -0.39 is 10.8 Å². The van der Waals surface area contributed by atoms with Crippen LogP contribution in [0.15, 0.2) is 65.1 Å². The molecule has 144 valence electrons. The third kappa shape index (κ3) is 3.30. The number of thiophene rings is 1. The summed E-state index contributed by atoms with van der Waals surface area (Å²) in [4.78, 5) is 17.5. The first-order valence-corrected chi connectivity index (χ1v) is 11.1. The fraction of sp³-hybridized carbons (Fsp3) is 0.0952. The number of nitrogens with zero attached hydrogens (tertiary/aromatic N) is 3. The summed E-state index contributed by atoms with van der Waals surface area (Å²) in [7, 11) is 0.200. The number of fused-ring (bicyclic) bond motifs is 2. The number of hydrogen-bond acceptors (Lipinski definition) is 6. The second-order valence-electron chi connectivity index (χ2n) is 6.39. The summed E-state index contributed by atoms with van der Waals surface area (Å²) >= 11 is 1.53. The van der Waals surface area contributed by atoms with E-state index >= 15 is 0 Å². The largest absolute Gasteiger partial charge is 0.480 e. The molecule has 0 saturated heterocycles. The number of rotatable bonds is 5. The second-order valence-corrected chi connectivity index (χ2v) is 8.62. The van der Waals surface area contributed by atoms with Gasteiger partial charge in [-0.3, -0.25) is 4.21 Å². The van der Waals surface area contributed by atoms with Crippen molar-refractivity contribution in [2.45, 2.75) is 10.9 Å². The second kappa shape index (κ2) is 7.38. The van der Waals surface area contributed by atoms with Gasteiger partial charge in [-0.2, -0.15) is 4.98 Å². The van der Waals surface area contributed by atoms with Crippen molar-refractivity contribution < 1.29 is 8.95 Å². The van der Waals surface area contributed by atoms with Crippen LogP contribution in [0.5, 0.6) is 5.88 Å². The highest BCUT2D eigenvalue weighted by Gasteiger charge is 2.18. The number of ether oxygens (including phenoxy) is 1. The number of benzene rings is 2. The molecule has 0 saturated carbocycles. The molecule has 0 bridgehead atoms. The smallest absolute Gasteiger partial charge is 0.226 e. The minimum Gasteiger partial charge on any atom is -0.480 e. The monoisotopic (exact) mass is 420 g/mol. The molecule has 0 aliphatic carbocycles. The van der Waals surface area contributed by atoms with Crippen LogP contribution in [0.4, 0.5) is 0 Å². The number of aromatic amines is 1. The first-order valence-electron chi connectivity index (χ1n) is 8.93. The third-order valence-corrected chi connectivity index (χ3v) is 6.59. The van der Waals surface area contributed by atoms with Crippen molar-refractivity contribution in [1.29, 1.82) is 0 Å². The van der Waals surface area contributed by atoms with Gasteiger partial charge < -0.3 is 9.72 Å². The quantitative estimate of drug-likeness (QED) is 0.451. The van der Waals surface area contributed by atoms with Crippen LogP contribution in [0, 0.1) is 0 Å². The molecule has 6 nitrogen and oxygen atoms in total. The van der Waals surface area contributed by atoms with Gasteiger partial charge in [0.15, 0.2) is 5.16 Å². The Morgan fingerprint density at radius 1 is 1.03 bits per heavy atom. The van der Waals surface area contributed by atoms with Crippen molar-refractivity contribution in [2.24, 2.45) is 0 Å². The van der Waals surface area contributed by atoms with Gasteiger partial charge in [0, 0.05) is 10.9 Å². The molecule has 0 aliphatic rings. The van der Waals surface area contributed by atoms with Crippen LogP contribution in [0.25, 0.3) is 32.4 Å². The van der Waals surface area contributed by atoms with Gasteiger partial charge in [-0.15, -0.1) is 11.3 Å². The Labute approximate surface area is 173 Å². The molecule has 3 heterocycles. The maximum absolute atomic E-state index is 12.8. The van der Waals surface area contributed by atoms with E-state index in [1.54, 1.807) is 7.11 Å². The molecule has 3 aromatic heterocycles. The van der Waals surface area contributed by atoms with Crippen LogP contribution in [0.2, 0.25) is 0 Å². The number of para-hydroxylation sites is 2. The van der Waals surface area contributed by atoms with Crippen molar-refractivity contribution in [1.82, 2.24) is 19.9 Å². The standard InChI is InChI=1S/C21H16N4O2S2/c1-27-19-18-14(13-7-3-2-4-8-13)11-28-20(18)25-17(24-19)12-29(26)21-22-15-9-5-6-10-16(15)23-21/h2-11H,12H2,1H3,(H,22,23). The van der Waals surface area contributed by atoms with E-state index in [-0.39, 0.29) is 5.75 Å². The lowest BCUT2D eigenvalue weighted by Crippen LogP contribution is -2.04. The Kier molecular flexibility index (Phi) is 4.57. The highest BCUT2D eigenvalue weighted by atomic mass is 32.2. The zero-order valence-electron chi connectivity index (χ0n) is 15.5. The molecule has 1 N–H and O–H groups in total. The molecule has 0 radical (unpaired) electrons. The molecular weight excluding hydrogens is 404 g/mol. The average Bonchev–Trinajstić information content (AvgIpc) is 3.38. The molecule has 1 atom stereocenters. The maximum Gasteiger partial charge on any atom is 0.226 e. The molecule has 0 spiro atoms. The molecule has 1 unspecified atom stereocenters. The van der Waals surface area contributed by atoms with Crippen LogP contribution >= 0.6 is 11.3 Å². The van der Waals surface area contributed by atoms with E-state index in [1.165, 1.54) is 11.3 Å². The van der Waals surface area contributed by atoms with Gasteiger partial charge >= 0.3 is 0 Å². The zero-order chi connectivity index (χ0) is 19.8. The van der Waals surface area contributed by atoms with E-state index in [9.17, 15) is 4.21 Å². The summed E-state index contributed by atoms with van der Waals surface area (Å²) in [6, 6.07) is 17.7. The van der Waals surface area contributed by atoms with E-state index in [1.807, 2.05) is 54.6 Å². The summed E-state index contributed by atoms with van der Waals surface area (Å²) in [5.41, 5.74) is 3.76. The number of imidazole rings is 1. The highest BCUT2D eigenvalue weighted by molar-refractivity contribution is 7.84. The molecule has 5 rings (SSSR count). The van der Waals surface area contributed by atoms with Crippen LogP contribution < -0.4 is 4.74 Å². The van der Waals surface area contributed by atoms with Crippen molar-refractivity contribution in [2.75, 3.05) is 7.11 Å². The van der Waals surface area contributed by atoms with Gasteiger partial charge in [0.2, 0.25) is 5.88 Å². The third-order valence-electron chi connectivity index (χ3n) is 4.57. The fourth-order valence-corrected chi connectivity index (χ4v) is 5.10. The number of methoxy groups -OCH3 is 1. The van der Waals surface area contributed by atoms with E-state index in [2.05, 4.69) is 25.3 Å². The minimum atomic E-state index is -1.39. The maximum atomic E-state index is 12.8. The Balaban J connectivity index is 1.51. The Morgan fingerprint density at radius 3 is 2.62 bits per heavy atom. The Hall–Kier alpha value is -3.10. The van der Waals surface area contributed by atoms with E-state index in [0.29, 0.717) is 16.9 Å². The number of H-pyrrole nitrogens is 1. The highest BCUT2D eigenvalue weighted by Crippen LogP contribution is 2.37. The molecule has 0 aliphatic heterocycles. The lowest BCUT2D eigenvalue weighted by Gasteiger charge is -2.06. The van der Waals surface area contributed by atoms with Crippen molar-refractivity contribution in [3.63, 3.8) is 0 Å². The summed E-state index contributed by atoms with van der Waals surface area (Å²) in [6.07, 6.45) is 0. The summed E-state index contributed by atoms with van der Waals surface area (Å²) in [5, 5.41) is 3.35. The number of hydrogen-bond donors (Lipinski definition) is 1. The molecule has 8 heteroatoms. The normalized spacial score (nSPS) is 12.4. The van der Waals surface area contributed by atoms with Crippen molar-refractivity contribution in [3.8, 4) is 17.0 Å². The number of nitrogens with one attached hydrogen (secondary N) is 1. The van der Waals surface area contributed by atoms with Gasteiger partial charge in [0.05, 0.1) is 40.1 Å². The van der Waals surface area contributed by atoms with Gasteiger partial charge in [-0.1, -0.05) is 42.5 Å². The SMILES string of the molecule is COc1nc(CS(=O)c2nc3ccccc3[nH]2)nc2scc(-c3ccccc3)c12. The predicted octanol–water partition coefficient (Wildman–Crippen LogP) is 4.55. The van der Waals surface area contributed by atoms with Crippen molar-refractivity contribution in [3.05, 3.63) is 65.8 Å². The molecular formula is C21H16N4O2S2. The van der Waals surface area contributed by atoms with Gasteiger partial charge in [0.1, 0.15) is 10.7 Å². The lowest BCUT2D eigenvalue weighted by atomic mass is 10.1. The van der Waals surface area contributed by atoms with E-state index in [0.717, 1.165) is 32.4 Å². The zero-order valence-corrected chi connectivity index (χ0v) is 17.1. The minimum absolute atomic E-state index is 0.157. The Bertz CT molecular complexity index is 1310. The van der Waals surface area contributed by atoms with Crippen LogP contribution in [-0.4, -0.2) is 31.3 Å². The number of aromatic nitrogens is 4. The summed E-state index contributed by atoms with van der Waals surface area (Å²) in [5.74, 6) is 1.12. The molecule has 0 fully saturated rings. The Morgan fingerprint density at radius 2 is 1.83 bits per heavy atom. The van der Waals surface area contributed by atoms with Crippen LogP contribution in [0.3, 0.4) is 0 Å². The van der Waals surface area contributed by atoms with Gasteiger partial charge in [0.25, 0.3) is 0 Å². The first-order chi connectivity index (χ1) is 14.2. The van der Waals surface area contributed by atoms with Gasteiger partial charge in [-0.05, 0) is 17.7 Å². The van der Waals surface area contributed by atoms with Gasteiger partial charge in [-0.25, -0.2) is 9.97 Å². The van der Waals surface area contributed by atoms with E-state index in [4.69, 9.17) is 4.74 Å². The molecule has 0 amide bonds. The predicted molar refractivity (Wildman–Crippen MR) is 116 cm³/mol. The van der Waals surface area contributed by atoms with Crippen LogP contribution in [-0.2, 0) is 16.6 Å².